The molecule has 0 radical (unpaired) electrons. The molecule has 0 amide bonds. The summed E-state index contributed by atoms with van der Waals surface area (Å²) >= 11 is 3.47. The van der Waals surface area contributed by atoms with Crippen molar-refractivity contribution in [2.75, 3.05) is 31.1 Å². The lowest BCUT2D eigenvalue weighted by Gasteiger charge is -2.27. The SMILES string of the molecule is CC1CNC(CCO)CN(c2ccc(Br)cc2)C1. The van der Waals surface area contributed by atoms with Crippen LogP contribution in [0.25, 0.3) is 0 Å². The van der Waals surface area contributed by atoms with Gasteiger partial charge in [0.15, 0.2) is 0 Å². The molecule has 2 unspecified atom stereocenters. The Hall–Kier alpha value is -0.580. The van der Waals surface area contributed by atoms with Gasteiger partial charge in [0.2, 0.25) is 0 Å². The number of nitrogens with one attached hydrogen (secondary N) is 1. The number of aliphatic hydroxyl groups excluding tert-OH is 1. The van der Waals surface area contributed by atoms with Gasteiger partial charge in [0, 0.05) is 35.9 Å². The van der Waals surface area contributed by atoms with E-state index >= 15 is 0 Å². The average Bonchev–Trinajstić information content (AvgIpc) is 2.53. The Morgan fingerprint density at radius 3 is 2.72 bits per heavy atom. The fourth-order valence-electron chi connectivity index (χ4n) is 2.43. The minimum Gasteiger partial charge on any atom is -0.396 e. The lowest BCUT2D eigenvalue weighted by atomic mass is 10.1. The minimum absolute atomic E-state index is 0.250. The summed E-state index contributed by atoms with van der Waals surface area (Å²) in [6.07, 6.45) is 0.819. The minimum atomic E-state index is 0.250. The van der Waals surface area contributed by atoms with Gasteiger partial charge in [0.1, 0.15) is 0 Å². The number of nitrogens with zero attached hydrogens (tertiary/aromatic N) is 1. The monoisotopic (exact) mass is 312 g/mol. The standard InChI is InChI=1S/C14H21BrN2O/c1-11-8-16-13(6-7-18)10-17(9-11)14-4-2-12(15)3-5-14/h2-5,11,13,16,18H,6-10H2,1H3. The van der Waals surface area contributed by atoms with Crippen molar-refractivity contribution in [1.82, 2.24) is 5.32 Å². The molecule has 2 atom stereocenters. The van der Waals surface area contributed by atoms with Gasteiger partial charge in [-0.2, -0.15) is 0 Å². The van der Waals surface area contributed by atoms with Gasteiger partial charge in [-0.1, -0.05) is 22.9 Å². The molecule has 1 aliphatic rings. The first-order valence-corrected chi connectivity index (χ1v) is 7.33. The molecule has 0 spiro atoms. The van der Waals surface area contributed by atoms with Crippen LogP contribution in [0, 0.1) is 5.92 Å². The topological polar surface area (TPSA) is 35.5 Å². The Morgan fingerprint density at radius 1 is 1.33 bits per heavy atom. The van der Waals surface area contributed by atoms with Gasteiger partial charge in [-0.3, -0.25) is 0 Å². The van der Waals surface area contributed by atoms with Crippen LogP contribution in [0.15, 0.2) is 28.7 Å². The molecule has 1 fully saturated rings. The molecule has 2 N–H and O–H groups in total. The third-order valence-corrected chi connectivity index (χ3v) is 3.93. The molecule has 1 aromatic carbocycles. The third-order valence-electron chi connectivity index (χ3n) is 3.40. The lowest BCUT2D eigenvalue weighted by molar-refractivity contribution is 0.266. The summed E-state index contributed by atoms with van der Waals surface area (Å²) in [5.74, 6) is 0.623. The number of aliphatic hydroxyl groups is 1. The quantitative estimate of drug-likeness (QED) is 0.898. The fraction of sp³-hybridized carbons (Fsp3) is 0.571. The Morgan fingerprint density at radius 2 is 2.06 bits per heavy atom. The van der Waals surface area contributed by atoms with Crippen molar-refractivity contribution < 1.29 is 5.11 Å². The highest BCUT2D eigenvalue weighted by atomic mass is 79.9. The summed E-state index contributed by atoms with van der Waals surface area (Å²) < 4.78 is 1.11. The smallest absolute Gasteiger partial charge is 0.0446 e. The number of rotatable bonds is 3. The molecule has 1 aliphatic heterocycles. The number of benzene rings is 1. The van der Waals surface area contributed by atoms with Crippen molar-refractivity contribution in [1.29, 1.82) is 0 Å². The van der Waals surface area contributed by atoms with E-state index in [1.165, 1.54) is 5.69 Å². The molecule has 18 heavy (non-hydrogen) atoms. The lowest BCUT2D eigenvalue weighted by Crippen LogP contribution is -2.38. The summed E-state index contributed by atoms with van der Waals surface area (Å²) in [6, 6.07) is 8.85. The number of anilines is 1. The second-order valence-electron chi connectivity index (χ2n) is 5.10. The van der Waals surface area contributed by atoms with Crippen LogP contribution >= 0.6 is 15.9 Å². The van der Waals surface area contributed by atoms with Gasteiger partial charge in [-0.05, 0) is 43.1 Å². The van der Waals surface area contributed by atoms with E-state index in [4.69, 9.17) is 5.11 Å². The van der Waals surface area contributed by atoms with Gasteiger partial charge < -0.3 is 15.3 Å². The maximum Gasteiger partial charge on any atom is 0.0446 e. The predicted octanol–water partition coefficient (Wildman–Crippen LogP) is 2.25. The van der Waals surface area contributed by atoms with Crippen LogP contribution in [0.5, 0.6) is 0 Å². The first kappa shape index (κ1) is 13.8. The van der Waals surface area contributed by atoms with Crippen LogP contribution in [0.1, 0.15) is 13.3 Å². The second kappa shape index (κ2) is 6.55. The van der Waals surface area contributed by atoms with Crippen molar-refractivity contribution in [3.05, 3.63) is 28.7 Å². The Balaban J connectivity index is 2.10. The number of hydrogen-bond donors (Lipinski definition) is 2. The van der Waals surface area contributed by atoms with E-state index in [1.807, 2.05) is 0 Å². The highest BCUT2D eigenvalue weighted by Crippen LogP contribution is 2.21. The Bertz CT molecular complexity index is 369. The van der Waals surface area contributed by atoms with Gasteiger partial charge in [0.05, 0.1) is 0 Å². The zero-order chi connectivity index (χ0) is 13.0. The average molecular weight is 313 g/mol. The molecule has 1 aromatic rings. The van der Waals surface area contributed by atoms with Crippen LogP contribution in [0.2, 0.25) is 0 Å². The molecule has 0 saturated carbocycles. The van der Waals surface area contributed by atoms with E-state index < -0.39 is 0 Å². The van der Waals surface area contributed by atoms with Gasteiger partial charge in [0.25, 0.3) is 0 Å². The number of halogens is 1. The molecule has 2 rings (SSSR count). The first-order chi connectivity index (χ1) is 8.69. The molecular formula is C14H21BrN2O. The third kappa shape index (κ3) is 3.70. The Kier molecular flexibility index (Phi) is 5.03. The molecular weight excluding hydrogens is 292 g/mol. The maximum absolute atomic E-state index is 9.10. The van der Waals surface area contributed by atoms with Crippen LogP contribution in [-0.4, -0.2) is 37.4 Å². The molecule has 0 bridgehead atoms. The molecule has 1 saturated heterocycles. The summed E-state index contributed by atoms with van der Waals surface area (Å²) in [5.41, 5.74) is 1.26. The van der Waals surface area contributed by atoms with Crippen LogP contribution in [0.3, 0.4) is 0 Å². The van der Waals surface area contributed by atoms with Crippen molar-refractivity contribution in [3.63, 3.8) is 0 Å². The normalized spacial score (nSPS) is 24.9. The van der Waals surface area contributed by atoms with Crippen LogP contribution in [0.4, 0.5) is 5.69 Å². The molecule has 0 aliphatic carbocycles. The van der Waals surface area contributed by atoms with Crippen LogP contribution < -0.4 is 10.2 Å². The van der Waals surface area contributed by atoms with E-state index in [1.54, 1.807) is 0 Å². The Labute approximate surface area is 117 Å². The van der Waals surface area contributed by atoms with Gasteiger partial charge >= 0.3 is 0 Å². The predicted molar refractivity (Wildman–Crippen MR) is 79.0 cm³/mol. The highest BCUT2D eigenvalue weighted by molar-refractivity contribution is 9.10. The summed E-state index contributed by atoms with van der Waals surface area (Å²) in [5, 5.41) is 12.6. The van der Waals surface area contributed by atoms with E-state index in [9.17, 15) is 0 Å². The molecule has 0 aromatic heterocycles. The molecule has 100 valence electrons. The fourth-order valence-corrected chi connectivity index (χ4v) is 2.69. The number of hydrogen-bond acceptors (Lipinski definition) is 3. The summed E-state index contributed by atoms with van der Waals surface area (Å²) in [7, 11) is 0. The van der Waals surface area contributed by atoms with E-state index in [0.29, 0.717) is 12.0 Å². The van der Waals surface area contributed by atoms with Gasteiger partial charge in [-0.15, -0.1) is 0 Å². The van der Waals surface area contributed by atoms with Gasteiger partial charge in [-0.25, -0.2) is 0 Å². The summed E-state index contributed by atoms with van der Waals surface area (Å²) in [4.78, 5) is 2.41. The summed E-state index contributed by atoms with van der Waals surface area (Å²) in [6.45, 7) is 5.57. The highest BCUT2D eigenvalue weighted by Gasteiger charge is 2.21. The molecule has 3 nitrogen and oxygen atoms in total. The zero-order valence-electron chi connectivity index (χ0n) is 10.8. The molecule has 4 heteroatoms. The van der Waals surface area contributed by atoms with Crippen LogP contribution in [-0.2, 0) is 0 Å². The van der Waals surface area contributed by atoms with Crippen molar-refractivity contribution in [3.8, 4) is 0 Å². The maximum atomic E-state index is 9.10. The second-order valence-corrected chi connectivity index (χ2v) is 6.02. The zero-order valence-corrected chi connectivity index (χ0v) is 12.4. The van der Waals surface area contributed by atoms with E-state index in [-0.39, 0.29) is 6.61 Å². The first-order valence-electron chi connectivity index (χ1n) is 6.54. The largest absolute Gasteiger partial charge is 0.396 e. The van der Waals surface area contributed by atoms with E-state index in [0.717, 1.165) is 30.5 Å². The van der Waals surface area contributed by atoms with Crippen molar-refractivity contribution >= 4 is 21.6 Å². The van der Waals surface area contributed by atoms with Crippen molar-refractivity contribution in [2.45, 2.75) is 19.4 Å². The molecule has 1 heterocycles. The van der Waals surface area contributed by atoms with E-state index in [2.05, 4.69) is 57.3 Å². The van der Waals surface area contributed by atoms with Crippen molar-refractivity contribution in [2.24, 2.45) is 5.92 Å².